The second-order valence-electron chi connectivity index (χ2n) is 6.33. The topological polar surface area (TPSA) is 67.3 Å². The van der Waals surface area contributed by atoms with Crippen molar-refractivity contribution in [1.82, 2.24) is 10.2 Å². The lowest BCUT2D eigenvalue weighted by Gasteiger charge is -2.27. The predicted molar refractivity (Wildman–Crippen MR) is 84.1 cm³/mol. The molecule has 24 heavy (non-hydrogen) atoms. The summed E-state index contributed by atoms with van der Waals surface area (Å²) in [5.41, 5.74) is 2.50. The number of phenolic OH excluding ortho intramolecular Hbond substituents is 1. The Morgan fingerprint density at radius 3 is 2.67 bits per heavy atom. The van der Waals surface area contributed by atoms with Crippen molar-refractivity contribution in [3.05, 3.63) is 34.9 Å². The van der Waals surface area contributed by atoms with E-state index < -0.39 is 6.43 Å². The van der Waals surface area contributed by atoms with E-state index in [2.05, 4.69) is 15.5 Å². The lowest BCUT2D eigenvalue weighted by molar-refractivity contribution is 0.00835. The molecule has 0 unspecified atom stereocenters. The Hall–Kier alpha value is -2.28. The molecule has 2 N–H and O–H groups in total. The molecule has 0 amide bonds. The van der Waals surface area contributed by atoms with Gasteiger partial charge in [-0.3, -0.25) is 0 Å². The molecule has 1 saturated carbocycles. The zero-order valence-electron chi connectivity index (χ0n) is 13.1. The van der Waals surface area contributed by atoms with Gasteiger partial charge in [0.25, 0.3) is 6.43 Å². The Labute approximate surface area is 137 Å². The molecule has 0 radical (unpaired) electrons. The molecule has 126 valence electrons. The molecule has 1 aliphatic heterocycles. The second-order valence-corrected chi connectivity index (χ2v) is 6.33. The van der Waals surface area contributed by atoms with Crippen molar-refractivity contribution in [3.63, 3.8) is 0 Å². The fraction of sp³-hybridized carbons (Fsp3) is 0.412. The number of hydrogen-bond acceptors (Lipinski definition) is 5. The maximum atomic E-state index is 12.8. The SMILES string of the molecule is CNc1nnc(-c2ccc(C(F)F)cc2O)c2c1COC1(CC1)C2. The number of nitrogens with zero attached hydrogens (tertiary/aromatic N) is 2. The zero-order valence-corrected chi connectivity index (χ0v) is 13.1. The third-order valence-corrected chi connectivity index (χ3v) is 4.78. The van der Waals surface area contributed by atoms with Crippen molar-refractivity contribution >= 4 is 5.82 Å². The number of phenols is 1. The number of aromatic nitrogens is 2. The molecule has 1 aromatic carbocycles. The van der Waals surface area contributed by atoms with Gasteiger partial charge >= 0.3 is 0 Å². The van der Waals surface area contributed by atoms with Crippen molar-refractivity contribution in [1.29, 1.82) is 0 Å². The van der Waals surface area contributed by atoms with Crippen molar-refractivity contribution in [2.45, 2.75) is 37.9 Å². The minimum Gasteiger partial charge on any atom is -0.507 e. The van der Waals surface area contributed by atoms with E-state index in [-0.39, 0.29) is 16.9 Å². The molecule has 7 heteroatoms. The number of aromatic hydroxyl groups is 1. The summed E-state index contributed by atoms with van der Waals surface area (Å²) in [7, 11) is 1.76. The Kier molecular flexibility index (Phi) is 3.42. The monoisotopic (exact) mass is 333 g/mol. The van der Waals surface area contributed by atoms with Crippen molar-refractivity contribution in [2.24, 2.45) is 0 Å². The van der Waals surface area contributed by atoms with Crippen LogP contribution in [0, 0.1) is 0 Å². The number of halogens is 2. The van der Waals surface area contributed by atoms with E-state index in [1.165, 1.54) is 12.1 Å². The molecule has 2 aliphatic rings. The molecule has 2 heterocycles. The molecule has 2 aromatic rings. The first-order valence-corrected chi connectivity index (χ1v) is 7.84. The van der Waals surface area contributed by atoms with Gasteiger partial charge in [0.2, 0.25) is 0 Å². The molecular weight excluding hydrogens is 316 g/mol. The van der Waals surface area contributed by atoms with Crippen LogP contribution >= 0.6 is 0 Å². The van der Waals surface area contributed by atoms with Crippen LogP contribution in [0.3, 0.4) is 0 Å². The van der Waals surface area contributed by atoms with Crippen LogP contribution in [0.5, 0.6) is 5.75 Å². The van der Waals surface area contributed by atoms with Crippen LogP contribution in [0.2, 0.25) is 0 Å². The molecular formula is C17H17F2N3O2. The van der Waals surface area contributed by atoms with Gasteiger partial charge in [0, 0.05) is 30.2 Å². The molecule has 0 atom stereocenters. The first kappa shape index (κ1) is 15.3. The van der Waals surface area contributed by atoms with E-state index in [4.69, 9.17) is 4.74 Å². The number of rotatable bonds is 3. The van der Waals surface area contributed by atoms with Crippen molar-refractivity contribution < 1.29 is 18.6 Å². The summed E-state index contributed by atoms with van der Waals surface area (Å²) in [6, 6.07) is 3.88. The maximum absolute atomic E-state index is 12.8. The smallest absolute Gasteiger partial charge is 0.263 e. The first-order valence-electron chi connectivity index (χ1n) is 7.84. The quantitative estimate of drug-likeness (QED) is 0.901. The van der Waals surface area contributed by atoms with Gasteiger partial charge in [-0.15, -0.1) is 10.2 Å². The highest BCUT2D eigenvalue weighted by molar-refractivity contribution is 5.73. The molecule has 1 aliphatic carbocycles. The zero-order chi connectivity index (χ0) is 16.9. The standard InChI is InChI=1S/C17H17F2N3O2/c1-20-16-12-8-24-17(4-5-17)7-11(12)14(21-22-16)10-3-2-9(15(18)19)6-13(10)23/h2-3,6,15,23H,4-5,7-8H2,1H3,(H,20,22). The van der Waals surface area contributed by atoms with Crippen LogP contribution in [-0.4, -0.2) is 28.0 Å². The Balaban J connectivity index is 1.84. The van der Waals surface area contributed by atoms with Crippen LogP contribution in [0.25, 0.3) is 11.3 Å². The summed E-state index contributed by atoms with van der Waals surface area (Å²) in [6.45, 7) is 0.434. The normalized spacial score (nSPS) is 17.8. The van der Waals surface area contributed by atoms with Gasteiger partial charge in [-0.25, -0.2) is 8.78 Å². The van der Waals surface area contributed by atoms with E-state index in [9.17, 15) is 13.9 Å². The van der Waals surface area contributed by atoms with Crippen LogP contribution < -0.4 is 5.32 Å². The lowest BCUT2D eigenvalue weighted by atomic mass is 9.93. The molecule has 1 spiro atoms. The first-order chi connectivity index (χ1) is 11.5. The number of hydrogen-bond donors (Lipinski definition) is 2. The van der Waals surface area contributed by atoms with E-state index in [0.717, 1.165) is 30.0 Å². The van der Waals surface area contributed by atoms with Crippen LogP contribution in [0.4, 0.5) is 14.6 Å². The van der Waals surface area contributed by atoms with Gasteiger partial charge in [0.15, 0.2) is 5.82 Å². The lowest BCUT2D eigenvalue weighted by Crippen LogP contribution is -2.26. The molecule has 5 nitrogen and oxygen atoms in total. The molecule has 0 saturated heterocycles. The van der Waals surface area contributed by atoms with E-state index in [1.807, 2.05) is 0 Å². The summed E-state index contributed by atoms with van der Waals surface area (Å²) in [6.07, 6.45) is 0.0659. The summed E-state index contributed by atoms with van der Waals surface area (Å²) in [5, 5.41) is 21.6. The Morgan fingerprint density at radius 2 is 2.04 bits per heavy atom. The number of alkyl halides is 2. The van der Waals surface area contributed by atoms with Gasteiger partial charge in [0.05, 0.1) is 12.2 Å². The highest BCUT2D eigenvalue weighted by Gasteiger charge is 2.48. The van der Waals surface area contributed by atoms with E-state index in [1.54, 1.807) is 7.05 Å². The van der Waals surface area contributed by atoms with Crippen LogP contribution in [0.1, 0.15) is 36.0 Å². The van der Waals surface area contributed by atoms with Crippen molar-refractivity contribution in [2.75, 3.05) is 12.4 Å². The van der Waals surface area contributed by atoms with Crippen LogP contribution in [-0.2, 0) is 17.8 Å². The number of anilines is 1. The fourth-order valence-corrected chi connectivity index (χ4v) is 3.21. The Morgan fingerprint density at radius 1 is 1.25 bits per heavy atom. The van der Waals surface area contributed by atoms with Gasteiger partial charge in [0.1, 0.15) is 11.4 Å². The van der Waals surface area contributed by atoms with E-state index in [0.29, 0.717) is 30.1 Å². The number of nitrogens with one attached hydrogen (secondary N) is 1. The third-order valence-electron chi connectivity index (χ3n) is 4.78. The highest BCUT2D eigenvalue weighted by Crippen LogP contribution is 2.49. The van der Waals surface area contributed by atoms with Gasteiger partial charge in [-0.2, -0.15) is 0 Å². The summed E-state index contributed by atoms with van der Waals surface area (Å²) in [5.74, 6) is 0.436. The fourth-order valence-electron chi connectivity index (χ4n) is 3.21. The summed E-state index contributed by atoms with van der Waals surface area (Å²) in [4.78, 5) is 0. The molecule has 1 fully saturated rings. The minimum absolute atomic E-state index is 0.131. The second kappa shape index (κ2) is 5.37. The predicted octanol–water partition coefficient (Wildman–Crippen LogP) is 3.43. The molecule has 1 aromatic heterocycles. The van der Waals surface area contributed by atoms with E-state index >= 15 is 0 Å². The average molecular weight is 333 g/mol. The molecule has 0 bridgehead atoms. The number of ether oxygens (including phenoxy) is 1. The summed E-state index contributed by atoms with van der Waals surface area (Å²) < 4.78 is 31.5. The van der Waals surface area contributed by atoms with Crippen molar-refractivity contribution in [3.8, 4) is 17.0 Å². The largest absolute Gasteiger partial charge is 0.507 e. The highest BCUT2D eigenvalue weighted by atomic mass is 19.3. The Bertz CT molecular complexity index is 807. The minimum atomic E-state index is -2.63. The number of fused-ring (bicyclic) bond motifs is 1. The van der Waals surface area contributed by atoms with Gasteiger partial charge < -0.3 is 15.2 Å². The number of benzene rings is 1. The average Bonchev–Trinajstić information content (AvgIpc) is 3.32. The maximum Gasteiger partial charge on any atom is 0.263 e. The van der Waals surface area contributed by atoms with Gasteiger partial charge in [-0.05, 0) is 30.5 Å². The summed E-state index contributed by atoms with van der Waals surface area (Å²) >= 11 is 0. The van der Waals surface area contributed by atoms with Crippen LogP contribution in [0.15, 0.2) is 18.2 Å². The van der Waals surface area contributed by atoms with Gasteiger partial charge in [-0.1, -0.05) is 6.07 Å². The molecule has 4 rings (SSSR count). The third kappa shape index (κ3) is 2.39.